The molecule has 0 nitrogen and oxygen atoms in total. The smallest absolute Gasteiger partial charge is 0.00106 e. The standard InChI is InChI=1S/C29H38/c1-8-23(19-11-9-10-12-19)26-17-22(29(5,6)7)18-27-24-16-21(28(2,3)4)14-13-20(24)15-25(26)27/h9,11,13-14,16-19,23H,8,10,12,15H2,1-7H3. The molecule has 0 aliphatic heterocycles. The Balaban J connectivity index is 1.91. The van der Waals surface area contributed by atoms with Crippen LogP contribution in [0.1, 0.15) is 101 Å². The molecule has 29 heavy (non-hydrogen) atoms. The first-order valence-corrected chi connectivity index (χ1v) is 11.6. The molecule has 0 saturated carbocycles. The summed E-state index contributed by atoms with van der Waals surface area (Å²) < 4.78 is 0. The molecular formula is C29H38. The summed E-state index contributed by atoms with van der Waals surface area (Å²) >= 11 is 0. The fourth-order valence-corrected chi connectivity index (χ4v) is 5.28. The molecular weight excluding hydrogens is 348 g/mol. The van der Waals surface area contributed by atoms with Crippen molar-refractivity contribution in [3.8, 4) is 11.1 Å². The Morgan fingerprint density at radius 2 is 1.59 bits per heavy atom. The second kappa shape index (κ2) is 7.15. The Kier molecular flexibility index (Phi) is 5.04. The van der Waals surface area contributed by atoms with Gasteiger partial charge in [0.2, 0.25) is 0 Å². The number of rotatable bonds is 3. The lowest BCUT2D eigenvalue weighted by atomic mass is 9.76. The van der Waals surface area contributed by atoms with Gasteiger partial charge in [-0.15, -0.1) is 0 Å². The second-order valence-electron chi connectivity index (χ2n) is 11.3. The van der Waals surface area contributed by atoms with Crippen LogP contribution in [-0.2, 0) is 17.3 Å². The van der Waals surface area contributed by atoms with Crippen molar-refractivity contribution >= 4 is 0 Å². The SMILES string of the molecule is CCC(c1cc(C(C)(C)C)cc2c1Cc1ccc(C(C)(C)C)cc1-2)C1C=CCC1. The minimum Gasteiger partial charge on any atom is -0.0882 e. The van der Waals surface area contributed by atoms with Gasteiger partial charge in [-0.25, -0.2) is 0 Å². The van der Waals surface area contributed by atoms with E-state index in [1.54, 1.807) is 11.1 Å². The van der Waals surface area contributed by atoms with E-state index in [1.807, 2.05) is 0 Å². The van der Waals surface area contributed by atoms with Gasteiger partial charge in [0, 0.05) is 0 Å². The summed E-state index contributed by atoms with van der Waals surface area (Å²) in [5.41, 5.74) is 11.0. The number of allylic oxidation sites excluding steroid dienone is 2. The Hall–Kier alpha value is -1.82. The molecule has 0 saturated heterocycles. The molecule has 0 amide bonds. The van der Waals surface area contributed by atoms with Crippen LogP contribution in [0.15, 0.2) is 42.5 Å². The van der Waals surface area contributed by atoms with Crippen LogP contribution in [0.3, 0.4) is 0 Å². The van der Waals surface area contributed by atoms with Crippen molar-refractivity contribution in [3.05, 3.63) is 70.3 Å². The topological polar surface area (TPSA) is 0 Å². The summed E-state index contributed by atoms with van der Waals surface area (Å²) in [4.78, 5) is 0. The van der Waals surface area contributed by atoms with Gasteiger partial charge < -0.3 is 0 Å². The number of benzene rings is 2. The first kappa shape index (κ1) is 20.5. The average Bonchev–Trinajstić information content (AvgIpc) is 3.28. The molecule has 0 heteroatoms. The van der Waals surface area contributed by atoms with Gasteiger partial charge in [-0.2, -0.15) is 0 Å². The Morgan fingerprint density at radius 3 is 2.17 bits per heavy atom. The van der Waals surface area contributed by atoms with Crippen LogP contribution in [0, 0.1) is 5.92 Å². The summed E-state index contributed by atoms with van der Waals surface area (Å²) in [6, 6.07) is 12.3. The van der Waals surface area contributed by atoms with E-state index in [0.717, 1.165) is 6.42 Å². The van der Waals surface area contributed by atoms with E-state index >= 15 is 0 Å². The Labute approximate surface area is 178 Å². The normalized spacial score (nSPS) is 19.3. The lowest BCUT2D eigenvalue weighted by Crippen LogP contribution is -2.16. The van der Waals surface area contributed by atoms with E-state index in [9.17, 15) is 0 Å². The van der Waals surface area contributed by atoms with Crippen LogP contribution >= 0.6 is 0 Å². The molecule has 0 bridgehead atoms. The lowest BCUT2D eigenvalue weighted by Gasteiger charge is -2.28. The molecule has 0 heterocycles. The molecule has 0 N–H and O–H groups in total. The van der Waals surface area contributed by atoms with Gasteiger partial charge in [-0.3, -0.25) is 0 Å². The number of fused-ring (bicyclic) bond motifs is 3. The van der Waals surface area contributed by atoms with Gasteiger partial charge in [-0.1, -0.05) is 91.0 Å². The van der Waals surface area contributed by atoms with Crippen LogP contribution in [-0.4, -0.2) is 0 Å². The van der Waals surface area contributed by atoms with Crippen LogP contribution in [0.2, 0.25) is 0 Å². The van der Waals surface area contributed by atoms with Gasteiger partial charge in [0.25, 0.3) is 0 Å². The fourth-order valence-electron chi connectivity index (χ4n) is 5.28. The Bertz CT molecular complexity index is 943. The highest BCUT2D eigenvalue weighted by atomic mass is 14.4. The van der Waals surface area contributed by atoms with Crippen molar-refractivity contribution in [3.63, 3.8) is 0 Å². The molecule has 2 atom stereocenters. The van der Waals surface area contributed by atoms with Crippen LogP contribution < -0.4 is 0 Å². The molecule has 0 aromatic heterocycles. The minimum atomic E-state index is 0.165. The van der Waals surface area contributed by atoms with Crippen LogP contribution in [0.4, 0.5) is 0 Å². The zero-order valence-corrected chi connectivity index (χ0v) is 19.5. The molecule has 2 aliphatic rings. The summed E-state index contributed by atoms with van der Waals surface area (Å²) in [7, 11) is 0. The number of hydrogen-bond acceptors (Lipinski definition) is 0. The van der Waals surface area contributed by atoms with E-state index in [0.29, 0.717) is 11.8 Å². The van der Waals surface area contributed by atoms with E-state index in [-0.39, 0.29) is 10.8 Å². The average molecular weight is 387 g/mol. The molecule has 0 spiro atoms. The zero-order chi connectivity index (χ0) is 21.0. The van der Waals surface area contributed by atoms with Crippen molar-refractivity contribution in [1.29, 1.82) is 0 Å². The molecule has 2 aromatic carbocycles. The summed E-state index contributed by atoms with van der Waals surface area (Å²) in [5.74, 6) is 1.34. The minimum absolute atomic E-state index is 0.165. The molecule has 154 valence electrons. The third kappa shape index (κ3) is 3.72. The molecule has 0 radical (unpaired) electrons. The third-order valence-electron chi connectivity index (χ3n) is 7.19. The highest BCUT2D eigenvalue weighted by Gasteiger charge is 2.31. The predicted molar refractivity (Wildman–Crippen MR) is 127 cm³/mol. The maximum absolute atomic E-state index is 2.57. The van der Waals surface area contributed by atoms with Crippen molar-refractivity contribution in [2.75, 3.05) is 0 Å². The third-order valence-corrected chi connectivity index (χ3v) is 7.19. The van der Waals surface area contributed by atoms with Gasteiger partial charge in [0.05, 0.1) is 0 Å². The van der Waals surface area contributed by atoms with Crippen LogP contribution in [0.25, 0.3) is 11.1 Å². The second-order valence-corrected chi connectivity index (χ2v) is 11.3. The maximum Gasteiger partial charge on any atom is -0.00106 e. The summed E-state index contributed by atoms with van der Waals surface area (Å²) in [5, 5.41) is 0. The first-order chi connectivity index (χ1) is 13.6. The largest absolute Gasteiger partial charge is 0.0882 e. The summed E-state index contributed by atoms with van der Waals surface area (Å²) in [6.07, 6.45) is 9.77. The van der Waals surface area contributed by atoms with Crippen molar-refractivity contribution in [1.82, 2.24) is 0 Å². The highest BCUT2D eigenvalue weighted by molar-refractivity contribution is 5.80. The Morgan fingerprint density at radius 1 is 0.897 bits per heavy atom. The quantitative estimate of drug-likeness (QED) is 0.397. The molecule has 0 fully saturated rings. The fraction of sp³-hybridized carbons (Fsp3) is 0.517. The molecule has 2 aliphatic carbocycles. The molecule has 2 unspecified atom stereocenters. The summed E-state index contributed by atoms with van der Waals surface area (Å²) in [6.45, 7) is 16.4. The van der Waals surface area contributed by atoms with Gasteiger partial charge in [0.15, 0.2) is 0 Å². The van der Waals surface area contributed by atoms with Gasteiger partial charge in [-0.05, 0) is 87.3 Å². The predicted octanol–water partition coefficient (Wildman–Crippen LogP) is 8.31. The van der Waals surface area contributed by atoms with E-state index in [2.05, 4.69) is 91.0 Å². The monoisotopic (exact) mass is 386 g/mol. The van der Waals surface area contributed by atoms with E-state index < -0.39 is 0 Å². The van der Waals surface area contributed by atoms with E-state index in [4.69, 9.17) is 0 Å². The van der Waals surface area contributed by atoms with E-state index in [1.165, 1.54) is 47.1 Å². The van der Waals surface area contributed by atoms with Crippen molar-refractivity contribution in [2.24, 2.45) is 5.92 Å². The van der Waals surface area contributed by atoms with Crippen molar-refractivity contribution in [2.45, 2.75) is 90.9 Å². The van der Waals surface area contributed by atoms with Gasteiger partial charge >= 0.3 is 0 Å². The van der Waals surface area contributed by atoms with Crippen LogP contribution in [0.5, 0.6) is 0 Å². The molecule has 4 rings (SSSR count). The molecule has 2 aromatic rings. The highest BCUT2D eigenvalue weighted by Crippen LogP contribution is 2.47. The first-order valence-electron chi connectivity index (χ1n) is 11.6. The van der Waals surface area contributed by atoms with Crippen molar-refractivity contribution < 1.29 is 0 Å². The maximum atomic E-state index is 2.57. The zero-order valence-electron chi connectivity index (χ0n) is 19.5. The number of hydrogen-bond donors (Lipinski definition) is 0. The lowest BCUT2D eigenvalue weighted by molar-refractivity contribution is 0.481. The van der Waals surface area contributed by atoms with Gasteiger partial charge in [0.1, 0.15) is 0 Å².